The molecule has 2 rings (SSSR count). The third kappa shape index (κ3) is 1.62. The molecule has 0 bridgehead atoms. The fourth-order valence-corrected chi connectivity index (χ4v) is 3.45. The number of thioether (sulfide) groups is 1. The molecular formula is C10H20N2S. The molecule has 2 atom stereocenters. The maximum absolute atomic E-state index is 5.86. The largest absolute Gasteiger partial charge is 0.329 e. The van der Waals surface area contributed by atoms with Gasteiger partial charge in [-0.25, -0.2) is 0 Å². The van der Waals surface area contributed by atoms with Crippen LogP contribution in [0.2, 0.25) is 0 Å². The lowest BCUT2D eigenvalue weighted by atomic mass is 10.1. The third-order valence-corrected chi connectivity index (χ3v) is 5.04. The van der Waals surface area contributed by atoms with Crippen molar-refractivity contribution in [2.24, 2.45) is 5.73 Å². The second-order valence-electron chi connectivity index (χ2n) is 4.44. The van der Waals surface area contributed by atoms with Crippen LogP contribution in [-0.2, 0) is 0 Å². The molecule has 0 radical (unpaired) electrons. The molecule has 3 heteroatoms. The molecule has 2 nitrogen and oxygen atoms in total. The maximum Gasteiger partial charge on any atom is 0.0336 e. The minimum atomic E-state index is 0.411. The molecule has 2 N–H and O–H groups in total. The predicted molar refractivity (Wildman–Crippen MR) is 59.1 cm³/mol. The first kappa shape index (κ1) is 9.81. The van der Waals surface area contributed by atoms with Crippen LogP contribution in [-0.4, -0.2) is 40.6 Å². The van der Waals surface area contributed by atoms with Crippen LogP contribution in [0.3, 0.4) is 0 Å². The molecule has 2 aliphatic rings. The average Bonchev–Trinajstić information content (AvgIpc) is 2.90. The Morgan fingerprint density at radius 2 is 2.15 bits per heavy atom. The van der Waals surface area contributed by atoms with Crippen molar-refractivity contribution in [2.75, 3.05) is 18.8 Å². The molecule has 0 spiro atoms. The van der Waals surface area contributed by atoms with Crippen LogP contribution >= 0.6 is 11.8 Å². The van der Waals surface area contributed by atoms with E-state index in [1.54, 1.807) is 0 Å². The van der Waals surface area contributed by atoms with Gasteiger partial charge in [0.1, 0.15) is 0 Å². The quantitative estimate of drug-likeness (QED) is 0.728. The molecule has 1 aliphatic heterocycles. The van der Waals surface area contributed by atoms with Crippen LogP contribution in [0.25, 0.3) is 0 Å². The molecule has 2 unspecified atom stereocenters. The Labute approximate surface area is 85.2 Å². The zero-order valence-corrected chi connectivity index (χ0v) is 9.44. The fourth-order valence-electron chi connectivity index (χ4n) is 2.36. The molecule has 1 saturated heterocycles. The minimum absolute atomic E-state index is 0.411. The van der Waals surface area contributed by atoms with Gasteiger partial charge in [-0.2, -0.15) is 11.8 Å². The standard InChI is InChI=1S/C10H20N2S/c1-8-9(2)13-6-5-12(8)10(7-11)3-4-10/h8-9H,3-7,11H2,1-2H3. The molecule has 1 saturated carbocycles. The molecule has 76 valence electrons. The summed E-state index contributed by atoms with van der Waals surface area (Å²) in [6.07, 6.45) is 2.65. The van der Waals surface area contributed by atoms with Gasteiger partial charge in [-0.3, -0.25) is 4.90 Å². The zero-order chi connectivity index (χ0) is 9.47. The first-order chi connectivity index (χ1) is 6.19. The van der Waals surface area contributed by atoms with E-state index >= 15 is 0 Å². The van der Waals surface area contributed by atoms with Crippen molar-refractivity contribution in [3.8, 4) is 0 Å². The summed E-state index contributed by atoms with van der Waals surface area (Å²) in [6, 6.07) is 0.713. The monoisotopic (exact) mass is 200 g/mol. The smallest absolute Gasteiger partial charge is 0.0336 e. The van der Waals surface area contributed by atoms with E-state index < -0.39 is 0 Å². The lowest BCUT2D eigenvalue weighted by Crippen LogP contribution is -2.54. The van der Waals surface area contributed by atoms with E-state index in [1.807, 2.05) is 0 Å². The average molecular weight is 200 g/mol. The van der Waals surface area contributed by atoms with Gasteiger partial charge in [0.25, 0.3) is 0 Å². The number of hydrogen-bond acceptors (Lipinski definition) is 3. The molecule has 13 heavy (non-hydrogen) atoms. The summed E-state index contributed by atoms with van der Waals surface area (Å²) < 4.78 is 0. The maximum atomic E-state index is 5.86. The lowest BCUT2D eigenvalue weighted by Gasteiger charge is -2.42. The highest BCUT2D eigenvalue weighted by Gasteiger charge is 2.49. The summed E-state index contributed by atoms with van der Waals surface area (Å²) in [5.74, 6) is 1.28. The Morgan fingerprint density at radius 3 is 2.69 bits per heavy atom. The number of nitrogens with zero attached hydrogens (tertiary/aromatic N) is 1. The Hall–Kier alpha value is 0.270. The van der Waals surface area contributed by atoms with E-state index in [2.05, 4.69) is 30.5 Å². The van der Waals surface area contributed by atoms with Crippen LogP contribution < -0.4 is 5.73 Å². The van der Waals surface area contributed by atoms with Crippen molar-refractivity contribution in [1.29, 1.82) is 0 Å². The van der Waals surface area contributed by atoms with Crippen LogP contribution in [0.1, 0.15) is 26.7 Å². The highest BCUT2D eigenvalue weighted by molar-refractivity contribution is 8.00. The topological polar surface area (TPSA) is 29.3 Å². The van der Waals surface area contributed by atoms with Crippen molar-refractivity contribution in [2.45, 2.75) is 43.5 Å². The first-order valence-electron chi connectivity index (χ1n) is 5.28. The van der Waals surface area contributed by atoms with E-state index in [9.17, 15) is 0 Å². The van der Waals surface area contributed by atoms with Gasteiger partial charge in [-0.15, -0.1) is 0 Å². The van der Waals surface area contributed by atoms with E-state index in [1.165, 1.54) is 25.1 Å². The number of nitrogens with two attached hydrogens (primary N) is 1. The van der Waals surface area contributed by atoms with Gasteiger partial charge in [0.15, 0.2) is 0 Å². The minimum Gasteiger partial charge on any atom is -0.329 e. The van der Waals surface area contributed by atoms with Gasteiger partial charge in [0, 0.05) is 35.7 Å². The predicted octanol–water partition coefficient (Wildman–Crippen LogP) is 1.30. The van der Waals surface area contributed by atoms with Crippen LogP contribution in [0.15, 0.2) is 0 Å². The fraction of sp³-hybridized carbons (Fsp3) is 1.00. The van der Waals surface area contributed by atoms with Crippen LogP contribution in [0.5, 0.6) is 0 Å². The Bertz CT molecular complexity index is 191. The van der Waals surface area contributed by atoms with Crippen molar-refractivity contribution < 1.29 is 0 Å². The Morgan fingerprint density at radius 1 is 1.46 bits per heavy atom. The van der Waals surface area contributed by atoms with Crippen molar-refractivity contribution in [1.82, 2.24) is 4.90 Å². The van der Waals surface area contributed by atoms with E-state index in [-0.39, 0.29) is 0 Å². The Balaban J connectivity index is 2.05. The SMILES string of the molecule is CC1SCCN(C2(CN)CC2)C1C. The summed E-state index contributed by atoms with van der Waals surface area (Å²) >= 11 is 2.10. The summed E-state index contributed by atoms with van der Waals surface area (Å²) in [5.41, 5.74) is 6.27. The number of hydrogen-bond donors (Lipinski definition) is 1. The molecule has 0 aromatic carbocycles. The van der Waals surface area contributed by atoms with Gasteiger partial charge in [-0.05, 0) is 19.8 Å². The van der Waals surface area contributed by atoms with E-state index in [4.69, 9.17) is 5.73 Å². The summed E-state index contributed by atoms with van der Waals surface area (Å²) in [6.45, 7) is 6.79. The van der Waals surface area contributed by atoms with Crippen molar-refractivity contribution in [3.63, 3.8) is 0 Å². The first-order valence-corrected chi connectivity index (χ1v) is 6.33. The summed E-state index contributed by atoms with van der Waals surface area (Å²) in [7, 11) is 0. The van der Waals surface area contributed by atoms with Crippen LogP contribution in [0.4, 0.5) is 0 Å². The molecule has 0 amide bonds. The molecular weight excluding hydrogens is 180 g/mol. The van der Waals surface area contributed by atoms with Gasteiger partial charge < -0.3 is 5.73 Å². The van der Waals surface area contributed by atoms with E-state index in [0.717, 1.165) is 11.8 Å². The summed E-state index contributed by atoms with van der Waals surface area (Å²) in [5, 5.41) is 0.776. The molecule has 1 aliphatic carbocycles. The highest BCUT2D eigenvalue weighted by atomic mass is 32.2. The Kier molecular flexibility index (Phi) is 2.60. The van der Waals surface area contributed by atoms with Gasteiger partial charge >= 0.3 is 0 Å². The van der Waals surface area contributed by atoms with Crippen molar-refractivity contribution >= 4 is 11.8 Å². The second kappa shape index (κ2) is 3.44. The molecule has 0 aromatic rings. The van der Waals surface area contributed by atoms with Crippen LogP contribution in [0, 0.1) is 0 Å². The zero-order valence-electron chi connectivity index (χ0n) is 8.62. The third-order valence-electron chi connectivity index (χ3n) is 3.70. The van der Waals surface area contributed by atoms with Gasteiger partial charge in [0.2, 0.25) is 0 Å². The molecule has 1 heterocycles. The number of rotatable bonds is 2. The normalized spacial score (nSPS) is 39.0. The molecule has 0 aromatic heterocycles. The lowest BCUT2D eigenvalue weighted by molar-refractivity contribution is 0.133. The van der Waals surface area contributed by atoms with Gasteiger partial charge in [0.05, 0.1) is 0 Å². The van der Waals surface area contributed by atoms with E-state index in [0.29, 0.717) is 11.6 Å². The van der Waals surface area contributed by atoms with Crippen molar-refractivity contribution in [3.05, 3.63) is 0 Å². The van der Waals surface area contributed by atoms with Gasteiger partial charge in [-0.1, -0.05) is 6.92 Å². The molecule has 2 fully saturated rings. The summed E-state index contributed by atoms with van der Waals surface area (Å²) in [4.78, 5) is 2.66. The second-order valence-corrected chi connectivity index (χ2v) is 5.92. The highest BCUT2D eigenvalue weighted by Crippen LogP contribution is 2.44.